The molecule has 2 fully saturated rings. The summed E-state index contributed by atoms with van der Waals surface area (Å²) >= 11 is 0. The van der Waals surface area contributed by atoms with Gasteiger partial charge in [0.1, 0.15) is 0 Å². The van der Waals surface area contributed by atoms with Gasteiger partial charge >= 0.3 is 0 Å². The molecule has 0 aliphatic carbocycles. The molecule has 0 unspecified atom stereocenters. The first-order chi connectivity index (χ1) is 9.16. The van der Waals surface area contributed by atoms with Crippen LogP contribution < -0.4 is 5.32 Å². The first kappa shape index (κ1) is 14.8. The summed E-state index contributed by atoms with van der Waals surface area (Å²) in [6, 6.07) is 0.0391. The zero-order valence-electron chi connectivity index (χ0n) is 12.5. The third-order valence-electron chi connectivity index (χ3n) is 4.62. The fourth-order valence-electron chi connectivity index (χ4n) is 3.23. The van der Waals surface area contributed by atoms with Crippen LogP contribution in [-0.2, 0) is 4.79 Å². The van der Waals surface area contributed by atoms with Gasteiger partial charge in [0.2, 0.25) is 5.91 Å². The molecule has 4 heteroatoms. The second kappa shape index (κ2) is 7.25. The van der Waals surface area contributed by atoms with Crippen molar-refractivity contribution in [1.82, 2.24) is 15.1 Å². The van der Waals surface area contributed by atoms with E-state index in [1.165, 1.54) is 38.6 Å². The van der Waals surface area contributed by atoms with Gasteiger partial charge in [0.05, 0.1) is 6.04 Å². The number of amides is 1. The van der Waals surface area contributed by atoms with Gasteiger partial charge in [0.15, 0.2) is 0 Å². The predicted octanol–water partition coefficient (Wildman–Crippen LogP) is 1.32. The minimum Gasteiger partial charge on any atom is -0.354 e. The molecule has 1 amide bonds. The van der Waals surface area contributed by atoms with Gasteiger partial charge in [-0.2, -0.15) is 0 Å². The number of nitrogens with zero attached hydrogens (tertiary/aromatic N) is 2. The molecule has 2 heterocycles. The fourth-order valence-corrected chi connectivity index (χ4v) is 3.23. The molecule has 2 saturated heterocycles. The number of nitrogens with one attached hydrogen (secondary N) is 1. The normalized spacial score (nSPS) is 28.0. The molecule has 0 saturated carbocycles. The zero-order chi connectivity index (χ0) is 13.7. The summed E-state index contributed by atoms with van der Waals surface area (Å²) in [5.41, 5.74) is 0. The maximum absolute atomic E-state index is 12.2. The molecule has 0 aromatic carbocycles. The molecule has 2 rings (SSSR count). The first-order valence-electron chi connectivity index (χ1n) is 7.87. The summed E-state index contributed by atoms with van der Waals surface area (Å²) in [6.07, 6.45) is 6.34. The van der Waals surface area contributed by atoms with E-state index in [1.807, 2.05) is 0 Å². The maximum atomic E-state index is 12.2. The fraction of sp³-hybridized carbons (Fsp3) is 0.933. The van der Waals surface area contributed by atoms with E-state index in [2.05, 4.69) is 29.1 Å². The Labute approximate surface area is 117 Å². The zero-order valence-corrected chi connectivity index (χ0v) is 12.5. The van der Waals surface area contributed by atoms with E-state index in [1.54, 1.807) is 0 Å². The van der Waals surface area contributed by atoms with Crippen molar-refractivity contribution < 1.29 is 4.79 Å². The minimum absolute atomic E-state index is 0.0391. The molecule has 0 radical (unpaired) electrons. The van der Waals surface area contributed by atoms with Crippen LogP contribution in [0.2, 0.25) is 0 Å². The van der Waals surface area contributed by atoms with Gasteiger partial charge in [0.25, 0.3) is 0 Å². The Morgan fingerprint density at radius 3 is 2.47 bits per heavy atom. The third-order valence-corrected chi connectivity index (χ3v) is 4.62. The number of carbonyl (C=O) groups excluding carboxylic acids is 1. The molecule has 110 valence electrons. The van der Waals surface area contributed by atoms with E-state index in [0.717, 1.165) is 26.2 Å². The standard InChI is InChI=1S/C15H29N3O/c1-13(18-8-5-3-4-6-9-18)15(19)16-11-14-7-10-17(2)12-14/h13-14H,3-12H2,1-2H3,(H,16,19)/t13-,14+/m0/s1. The lowest BCUT2D eigenvalue weighted by molar-refractivity contribution is -0.126. The maximum Gasteiger partial charge on any atom is 0.237 e. The summed E-state index contributed by atoms with van der Waals surface area (Å²) in [5, 5.41) is 3.16. The van der Waals surface area contributed by atoms with Crippen LogP contribution in [0.25, 0.3) is 0 Å². The topological polar surface area (TPSA) is 35.6 Å². The van der Waals surface area contributed by atoms with E-state index >= 15 is 0 Å². The molecular weight excluding hydrogens is 238 g/mol. The molecule has 2 aliphatic rings. The van der Waals surface area contributed by atoms with Crippen molar-refractivity contribution in [3.05, 3.63) is 0 Å². The lowest BCUT2D eigenvalue weighted by Crippen LogP contribution is -2.46. The van der Waals surface area contributed by atoms with E-state index in [9.17, 15) is 4.79 Å². The average Bonchev–Trinajstić information content (AvgIpc) is 2.67. The van der Waals surface area contributed by atoms with Gasteiger partial charge in [0, 0.05) is 13.1 Å². The van der Waals surface area contributed by atoms with E-state index in [-0.39, 0.29) is 11.9 Å². The van der Waals surface area contributed by atoms with Gasteiger partial charge < -0.3 is 10.2 Å². The van der Waals surface area contributed by atoms with Crippen LogP contribution in [0, 0.1) is 5.92 Å². The lowest BCUT2D eigenvalue weighted by atomic mass is 10.1. The molecule has 4 nitrogen and oxygen atoms in total. The Hall–Kier alpha value is -0.610. The van der Waals surface area contributed by atoms with Gasteiger partial charge in [-0.15, -0.1) is 0 Å². The van der Waals surface area contributed by atoms with Gasteiger partial charge in [-0.05, 0) is 58.8 Å². The number of hydrogen-bond donors (Lipinski definition) is 1. The summed E-state index contributed by atoms with van der Waals surface area (Å²) in [5.74, 6) is 0.863. The van der Waals surface area contributed by atoms with Crippen LogP contribution in [0.1, 0.15) is 39.0 Å². The van der Waals surface area contributed by atoms with Crippen LogP contribution in [0.4, 0.5) is 0 Å². The monoisotopic (exact) mass is 267 g/mol. The second-order valence-corrected chi connectivity index (χ2v) is 6.29. The Morgan fingerprint density at radius 1 is 1.21 bits per heavy atom. The van der Waals surface area contributed by atoms with Crippen LogP contribution in [0.3, 0.4) is 0 Å². The molecule has 0 spiro atoms. The van der Waals surface area contributed by atoms with Crippen LogP contribution >= 0.6 is 0 Å². The van der Waals surface area contributed by atoms with Gasteiger partial charge in [-0.3, -0.25) is 9.69 Å². The summed E-state index contributed by atoms with van der Waals surface area (Å²) < 4.78 is 0. The first-order valence-corrected chi connectivity index (χ1v) is 7.87. The van der Waals surface area contributed by atoms with Crippen molar-refractivity contribution in [3.63, 3.8) is 0 Å². The molecule has 0 bridgehead atoms. The summed E-state index contributed by atoms with van der Waals surface area (Å²) in [7, 11) is 2.15. The Balaban J connectivity index is 1.72. The predicted molar refractivity (Wildman–Crippen MR) is 78.1 cm³/mol. The van der Waals surface area contributed by atoms with Crippen molar-refractivity contribution in [3.8, 4) is 0 Å². The van der Waals surface area contributed by atoms with Gasteiger partial charge in [-0.1, -0.05) is 12.8 Å². The van der Waals surface area contributed by atoms with Crippen molar-refractivity contribution in [2.75, 3.05) is 39.8 Å². The van der Waals surface area contributed by atoms with E-state index < -0.39 is 0 Å². The van der Waals surface area contributed by atoms with Crippen molar-refractivity contribution in [2.45, 2.75) is 45.1 Å². The van der Waals surface area contributed by atoms with Crippen LogP contribution in [0.5, 0.6) is 0 Å². The highest BCUT2D eigenvalue weighted by Gasteiger charge is 2.24. The quantitative estimate of drug-likeness (QED) is 0.834. The minimum atomic E-state index is 0.0391. The SMILES string of the molecule is C[C@@H](C(=O)NC[C@H]1CCN(C)C1)N1CCCCCC1. The second-order valence-electron chi connectivity index (χ2n) is 6.29. The lowest BCUT2D eigenvalue weighted by Gasteiger charge is -2.27. The van der Waals surface area contributed by atoms with Crippen LogP contribution in [0.15, 0.2) is 0 Å². The molecule has 0 aromatic heterocycles. The Morgan fingerprint density at radius 2 is 1.89 bits per heavy atom. The Bertz CT molecular complexity index is 287. The smallest absolute Gasteiger partial charge is 0.237 e. The highest BCUT2D eigenvalue weighted by Crippen LogP contribution is 2.14. The van der Waals surface area contributed by atoms with Crippen LogP contribution in [-0.4, -0.2) is 61.5 Å². The number of rotatable bonds is 4. The molecular formula is C15H29N3O. The number of likely N-dealkylation sites (tertiary alicyclic amines) is 2. The average molecular weight is 267 g/mol. The van der Waals surface area contributed by atoms with E-state index in [4.69, 9.17) is 0 Å². The molecule has 2 atom stereocenters. The largest absolute Gasteiger partial charge is 0.354 e. The Kier molecular flexibility index (Phi) is 5.64. The highest BCUT2D eigenvalue weighted by atomic mass is 16.2. The van der Waals surface area contributed by atoms with E-state index in [0.29, 0.717) is 5.92 Å². The van der Waals surface area contributed by atoms with Crippen molar-refractivity contribution >= 4 is 5.91 Å². The highest BCUT2D eigenvalue weighted by molar-refractivity contribution is 5.81. The molecule has 2 aliphatic heterocycles. The van der Waals surface area contributed by atoms with Crippen molar-refractivity contribution in [2.24, 2.45) is 5.92 Å². The number of carbonyl (C=O) groups is 1. The summed E-state index contributed by atoms with van der Waals surface area (Å²) in [6.45, 7) is 7.37. The number of hydrogen-bond acceptors (Lipinski definition) is 3. The third kappa shape index (κ3) is 4.46. The molecule has 1 N–H and O–H groups in total. The summed E-state index contributed by atoms with van der Waals surface area (Å²) in [4.78, 5) is 16.9. The van der Waals surface area contributed by atoms with Gasteiger partial charge in [-0.25, -0.2) is 0 Å². The molecule has 0 aromatic rings. The molecule has 19 heavy (non-hydrogen) atoms. The van der Waals surface area contributed by atoms with Crippen molar-refractivity contribution in [1.29, 1.82) is 0 Å².